The lowest BCUT2D eigenvalue weighted by Gasteiger charge is -2.21. The van der Waals surface area contributed by atoms with Crippen molar-refractivity contribution in [3.8, 4) is 5.75 Å². The maximum absolute atomic E-state index is 5.89. The molecule has 6 nitrogen and oxygen atoms in total. The van der Waals surface area contributed by atoms with Gasteiger partial charge >= 0.3 is 0 Å². The molecule has 0 fully saturated rings. The number of aryl methyl sites for hydroxylation is 2. The van der Waals surface area contributed by atoms with Gasteiger partial charge in [-0.15, -0.1) is 0 Å². The zero-order valence-corrected chi connectivity index (χ0v) is 15.6. The van der Waals surface area contributed by atoms with E-state index in [0.29, 0.717) is 6.61 Å². The first-order valence-electron chi connectivity index (χ1n) is 8.75. The molecule has 3 aromatic heterocycles. The molecule has 136 valence electrons. The summed E-state index contributed by atoms with van der Waals surface area (Å²) in [4.78, 5) is 15.1. The highest BCUT2D eigenvalue weighted by Crippen LogP contribution is 2.30. The monoisotopic (exact) mass is 359 g/mol. The Labute approximate surface area is 158 Å². The highest BCUT2D eigenvalue weighted by molar-refractivity contribution is 5.79. The number of aromatic nitrogens is 4. The predicted octanol–water partition coefficient (Wildman–Crippen LogP) is 4.02. The summed E-state index contributed by atoms with van der Waals surface area (Å²) in [6, 6.07) is 12.1. The van der Waals surface area contributed by atoms with Crippen LogP contribution in [0.2, 0.25) is 0 Å². The van der Waals surface area contributed by atoms with Gasteiger partial charge in [-0.2, -0.15) is 0 Å². The minimum Gasteiger partial charge on any atom is -0.489 e. The number of nitrogens with zero attached hydrogens (tertiary/aromatic N) is 5. The molecule has 0 saturated heterocycles. The van der Waals surface area contributed by atoms with Gasteiger partial charge in [-0.3, -0.25) is 4.98 Å². The predicted molar refractivity (Wildman–Crippen MR) is 106 cm³/mol. The van der Waals surface area contributed by atoms with Crippen molar-refractivity contribution in [2.24, 2.45) is 7.05 Å². The third-order valence-corrected chi connectivity index (χ3v) is 4.60. The second-order valence-corrected chi connectivity index (χ2v) is 6.54. The minimum absolute atomic E-state index is 0.501. The molecule has 0 saturated carbocycles. The van der Waals surface area contributed by atoms with Crippen molar-refractivity contribution >= 4 is 22.5 Å². The molecular weight excluding hydrogens is 338 g/mol. The Morgan fingerprint density at radius 3 is 2.78 bits per heavy atom. The highest BCUT2D eigenvalue weighted by Gasteiger charge is 2.11. The zero-order valence-electron chi connectivity index (χ0n) is 15.6. The summed E-state index contributed by atoms with van der Waals surface area (Å²) in [5.41, 5.74) is 5.20. The van der Waals surface area contributed by atoms with Gasteiger partial charge in [0, 0.05) is 43.8 Å². The van der Waals surface area contributed by atoms with Crippen molar-refractivity contribution in [3.05, 3.63) is 72.4 Å². The topological polar surface area (TPSA) is 56.1 Å². The van der Waals surface area contributed by atoms with Gasteiger partial charge in [0.05, 0.1) is 18.0 Å². The zero-order chi connectivity index (χ0) is 18.8. The number of fused-ring (bicyclic) bond motifs is 1. The van der Waals surface area contributed by atoms with E-state index in [0.717, 1.165) is 39.4 Å². The molecule has 27 heavy (non-hydrogen) atoms. The summed E-state index contributed by atoms with van der Waals surface area (Å²) in [7, 11) is 4.00. The van der Waals surface area contributed by atoms with Crippen molar-refractivity contribution in [2.75, 3.05) is 11.9 Å². The van der Waals surface area contributed by atoms with Crippen LogP contribution >= 0.6 is 0 Å². The Bertz CT molecular complexity index is 1070. The molecule has 3 heterocycles. The van der Waals surface area contributed by atoms with Gasteiger partial charge in [0.1, 0.15) is 23.7 Å². The van der Waals surface area contributed by atoms with Crippen LogP contribution in [0.3, 0.4) is 0 Å². The van der Waals surface area contributed by atoms with Crippen LogP contribution in [0.5, 0.6) is 5.75 Å². The largest absolute Gasteiger partial charge is 0.489 e. The molecule has 0 spiro atoms. The summed E-state index contributed by atoms with van der Waals surface area (Å²) in [6.07, 6.45) is 7.18. The van der Waals surface area contributed by atoms with Gasteiger partial charge < -0.3 is 14.2 Å². The molecule has 0 bridgehead atoms. The molecule has 4 rings (SSSR count). The van der Waals surface area contributed by atoms with E-state index >= 15 is 0 Å². The second-order valence-electron chi connectivity index (χ2n) is 6.54. The average molecular weight is 359 g/mol. The van der Waals surface area contributed by atoms with Crippen LogP contribution in [0.15, 0.2) is 61.3 Å². The Morgan fingerprint density at radius 1 is 1.11 bits per heavy atom. The third-order valence-electron chi connectivity index (χ3n) is 4.60. The summed E-state index contributed by atoms with van der Waals surface area (Å²) in [6.45, 7) is 2.58. The maximum atomic E-state index is 5.89. The summed E-state index contributed by atoms with van der Waals surface area (Å²) >= 11 is 0. The van der Waals surface area contributed by atoms with Gasteiger partial charge in [0.25, 0.3) is 0 Å². The Hall–Kier alpha value is -3.41. The highest BCUT2D eigenvalue weighted by atomic mass is 16.5. The Kier molecular flexibility index (Phi) is 4.46. The van der Waals surface area contributed by atoms with E-state index in [-0.39, 0.29) is 0 Å². The maximum Gasteiger partial charge on any atom is 0.134 e. The summed E-state index contributed by atoms with van der Waals surface area (Å²) in [5, 5.41) is 0. The molecule has 4 aromatic rings. The summed E-state index contributed by atoms with van der Waals surface area (Å²) < 4.78 is 7.89. The fourth-order valence-electron chi connectivity index (χ4n) is 3.07. The molecule has 0 radical (unpaired) electrons. The number of ether oxygens (including phenoxy) is 1. The molecule has 0 atom stereocenters. The van der Waals surface area contributed by atoms with E-state index in [4.69, 9.17) is 4.74 Å². The van der Waals surface area contributed by atoms with Crippen molar-refractivity contribution in [3.63, 3.8) is 0 Å². The number of pyridine rings is 2. The Morgan fingerprint density at radius 2 is 2.00 bits per heavy atom. The smallest absolute Gasteiger partial charge is 0.134 e. The molecule has 0 aliphatic heterocycles. The average Bonchev–Trinajstić information content (AvgIpc) is 3.07. The lowest BCUT2D eigenvalue weighted by Crippen LogP contribution is -2.12. The van der Waals surface area contributed by atoms with E-state index in [2.05, 4.69) is 38.9 Å². The number of hydrogen-bond acceptors (Lipinski definition) is 5. The van der Waals surface area contributed by atoms with Gasteiger partial charge in [0.15, 0.2) is 0 Å². The molecule has 0 aliphatic carbocycles. The second kappa shape index (κ2) is 7.07. The van der Waals surface area contributed by atoms with Gasteiger partial charge in [0.2, 0.25) is 0 Å². The quantitative estimate of drug-likeness (QED) is 0.539. The van der Waals surface area contributed by atoms with Crippen molar-refractivity contribution in [1.82, 2.24) is 19.5 Å². The number of hydrogen-bond donors (Lipinski definition) is 0. The first-order chi connectivity index (χ1) is 13.1. The van der Waals surface area contributed by atoms with E-state index in [1.807, 2.05) is 55.3 Å². The molecule has 0 amide bonds. The van der Waals surface area contributed by atoms with E-state index in [9.17, 15) is 0 Å². The molecule has 0 N–H and O–H groups in total. The first kappa shape index (κ1) is 17.0. The lowest BCUT2D eigenvalue weighted by molar-refractivity contribution is 0.305. The van der Waals surface area contributed by atoms with Crippen molar-refractivity contribution in [2.45, 2.75) is 13.5 Å². The van der Waals surface area contributed by atoms with Crippen LogP contribution in [0.4, 0.5) is 11.5 Å². The van der Waals surface area contributed by atoms with Crippen molar-refractivity contribution in [1.29, 1.82) is 0 Å². The van der Waals surface area contributed by atoms with E-state index in [1.165, 1.54) is 0 Å². The summed E-state index contributed by atoms with van der Waals surface area (Å²) in [5.74, 6) is 1.71. The third kappa shape index (κ3) is 3.46. The van der Waals surface area contributed by atoms with Gasteiger partial charge in [-0.25, -0.2) is 9.97 Å². The molecule has 0 aliphatic rings. The molecule has 1 aromatic carbocycles. The van der Waals surface area contributed by atoms with Crippen LogP contribution in [-0.2, 0) is 13.7 Å². The lowest BCUT2D eigenvalue weighted by atomic mass is 10.1. The van der Waals surface area contributed by atoms with Crippen molar-refractivity contribution < 1.29 is 4.74 Å². The van der Waals surface area contributed by atoms with Crippen LogP contribution in [-0.4, -0.2) is 26.6 Å². The van der Waals surface area contributed by atoms with Gasteiger partial charge in [-0.1, -0.05) is 6.07 Å². The number of imidazole rings is 1. The number of rotatable bonds is 5. The number of benzene rings is 1. The molecule has 6 heteroatoms. The van der Waals surface area contributed by atoms with Crippen LogP contribution in [0.25, 0.3) is 11.0 Å². The van der Waals surface area contributed by atoms with E-state index in [1.54, 1.807) is 12.5 Å². The fourth-order valence-corrected chi connectivity index (χ4v) is 3.07. The van der Waals surface area contributed by atoms with Crippen LogP contribution in [0.1, 0.15) is 11.1 Å². The molecular formula is C21H21N5O. The number of anilines is 2. The van der Waals surface area contributed by atoms with Crippen LogP contribution in [0, 0.1) is 6.92 Å². The minimum atomic E-state index is 0.501. The Balaban J connectivity index is 1.54. The normalized spacial score (nSPS) is 10.9. The SMILES string of the molecule is Cc1cc(OCc2cccnc2)ccc1N(C)c1cc2c(cn1)ncn2C. The van der Waals surface area contributed by atoms with Crippen LogP contribution < -0.4 is 9.64 Å². The fraction of sp³-hybridized carbons (Fsp3) is 0.190. The van der Waals surface area contributed by atoms with E-state index < -0.39 is 0 Å². The molecule has 0 unspecified atom stereocenters. The van der Waals surface area contributed by atoms with Gasteiger partial charge in [-0.05, 0) is 36.8 Å². The standard InChI is InChI=1S/C21H21N5O/c1-15-9-17(27-13-16-5-4-8-22-11-16)6-7-19(15)26(3)21-10-20-18(12-23-21)24-14-25(20)2/h4-12,14H,13H2,1-3H3. The first-order valence-corrected chi connectivity index (χ1v) is 8.75.